The van der Waals surface area contributed by atoms with Crippen molar-refractivity contribution in [1.82, 2.24) is 9.88 Å². The van der Waals surface area contributed by atoms with Crippen LogP contribution in [0.4, 0.5) is 0 Å². The van der Waals surface area contributed by atoms with Gasteiger partial charge in [-0.05, 0) is 32.9 Å². The fraction of sp³-hybridized carbons (Fsp3) is 0.333. The van der Waals surface area contributed by atoms with E-state index < -0.39 is 11.5 Å². The third-order valence-electron chi connectivity index (χ3n) is 3.11. The standard InChI is InChI=1S/C15H18N2O3/c1-15(2,3)17(9-13(18)19)14(20)12-8-10-6-4-5-7-11(10)16-12/h4-8,16H,9H2,1-3H3,(H,18,19). The third-order valence-corrected chi connectivity index (χ3v) is 3.11. The van der Waals surface area contributed by atoms with Crippen molar-refractivity contribution in [3.8, 4) is 0 Å². The maximum absolute atomic E-state index is 12.5. The maximum Gasteiger partial charge on any atom is 0.323 e. The Bertz CT molecular complexity index is 619. The summed E-state index contributed by atoms with van der Waals surface area (Å²) in [6.45, 7) is 5.13. The first-order valence-corrected chi connectivity index (χ1v) is 6.40. The normalized spacial score (nSPS) is 11.6. The third kappa shape index (κ3) is 2.82. The van der Waals surface area contributed by atoms with Gasteiger partial charge in [0, 0.05) is 16.4 Å². The molecule has 0 saturated carbocycles. The van der Waals surface area contributed by atoms with Crippen LogP contribution in [0.2, 0.25) is 0 Å². The van der Waals surface area contributed by atoms with Crippen LogP contribution in [0.5, 0.6) is 0 Å². The number of para-hydroxylation sites is 1. The fourth-order valence-electron chi connectivity index (χ4n) is 2.08. The molecule has 0 fully saturated rings. The number of benzene rings is 1. The molecule has 0 atom stereocenters. The molecule has 0 bridgehead atoms. The maximum atomic E-state index is 12.5. The van der Waals surface area contributed by atoms with Crippen molar-refractivity contribution in [2.24, 2.45) is 0 Å². The zero-order chi connectivity index (χ0) is 14.9. The lowest BCUT2D eigenvalue weighted by molar-refractivity contribution is -0.138. The lowest BCUT2D eigenvalue weighted by atomic mass is 10.1. The number of aromatic nitrogens is 1. The molecule has 0 spiro atoms. The van der Waals surface area contributed by atoms with E-state index in [0.29, 0.717) is 5.69 Å². The van der Waals surface area contributed by atoms with Gasteiger partial charge >= 0.3 is 5.97 Å². The van der Waals surface area contributed by atoms with Crippen LogP contribution in [0, 0.1) is 0 Å². The molecule has 1 amide bonds. The average molecular weight is 274 g/mol. The van der Waals surface area contributed by atoms with E-state index in [1.807, 2.05) is 45.0 Å². The number of aliphatic carboxylic acids is 1. The second-order valence-electron chi connectivity index (χ2n) is 5.73. The second-order valence-corrected chi connectivity index (χ2v) is 5.73. The van der Waals surface area contributed by atoms with E-state index in [1.165, 1.54) is 4.90 Å². The molecule has 1 heterocycles. The highest BCUT2D eigenvalue weighted by Crippen LogP contribution is 2.20. The largest absolute Gasteiger partial charge is 0.480 e. The highest BCUT2D eigenvalue weighted by molar-refractivity contribution is 5.99. The summed E-state index contributed by atoms with van der Waals surface area (Å²) in [7, 11) is 0. The quantitative estimate of drug-likeness (QED) is 0.903. The molecule has 2 N–H and O–H groups in total. The number of carboxylic acids is 1. The van der Waals surface area contributed by atoms with Gasteiger partial charge in [-0.15, -0.1) is 0 Å². The fourth-order valence-corrected chi connectivity index (χ4v) is 2.08. The number of nitrogens with one attached hydrogen (secondary N) is 1. The van der Waals surface area contributed by atoms with E-state index in [1.54, 1.807) is 6.07 Å². The molecule has 0 aliphatic carbocycles. The van der Waals surface area contributed by atoms with E-state index >= 15 is 0 Å². The minimum absolute atomic E-state index is 0.309. The van der Waals surface area contributed by atoms with Crippen molar-refractivity contribution in [1.29, 1.82) is 0 Å². The van der Waals surface area contributed by atoms with Crippen LogP contribution in [0.3, 0.4) is 0 Å². The Morgan fingerprint density at radius 2 is 1.90 bits per heavy atom. The highest BCUT2D eigenvalue weighted by atomic mass is 16.4. The summed E-state index contributed by atoms with van der Waals surface area (Å²) in [5.74, 6) is -1.33. The number of carboxylic acid groups (broad SMARTS) is 1. The number of H-pyrrole nitrogens is 1. The molecule has 20 heavy (non-hydrogen) atoms. The molecule has 106 valence electrons. The Labute approximate surface area is 117 Å². The van der Waals surface area contributed by atoms with Crippen LogP contribution in [0.1, 0.15) is 31.3 Å². The summed E-state index contributed by atoms with van der Waals surface area (Å²) in [6, 6.07) is 9.30. The molecular formula is C15H18N2O3. The molecule has 0 saturated heterocycles. The zero-order valence-electron chi connectivity index (χ0n) is 11.8. The van der Waals surface area contributed by atoms with E-state index in [2.05, 4.69) is 4.98 Å². The minimum Gasteiger partial charge on any atom is -0.480 e. The molecule has 2 aromatic rings. The van der Waals surface area contributed by atoms with Gasteiger partial charge in [-0.3, -0.25) is 9.59 Å². The van der Waals surface area contributed by atoms with Crippen molar-refractivity contribution in [3.05, 3.63) is 36.0 Å². The highest BCUT2D eigenvalue weighted by Gasteiger charge is 2.30. The van der Waals surface area contributed by atoms with Crippen LogP contribution in [0.15, 0.2) is 30.3 Å². The molecule has 1 aromatic carbocycles. The van der Waals surface area contributed by atoms with Gasteiger partial charge < -0.3 is 15.0 Å². The Balaban J connectivity index is 2.38. The van der Waals surface area contributed by atoms with Gasteiger partial charge in [-0.25, -0.2) is 0 Å². The van der Waals surface area contributed by atoms with Crippen LogP contribution in [-0.4, -0.2) is 39.0 Å². The number of nitrogens with zero attached hydrogens (tertiary/aromatic N) is 1. The van der Waals surface area contributed by atoms with Crippen molar-refractivity contribution in [2.75, 3.05) is 6.54 Å². The van der Waals surface area contributed by atoms with Crippen molar-refractivity contribution >= 4 is 22.8 Å². The smallest absolute Gasteiger partial charge is 0.323 e. The topological polar surface area (TPSA) is 73.4 Å². The van der Waals surface area contributed by atoms with Crippen LogP contribution >= 0.6 is 0 Å². The summed E-state index contributed by atoms with van der Waals surface area (Å²) < 4.78 is 0. The van der Waals surface area contributed by atoms with Gasteiger partial charge in [0.05, 0.1) is 0 Å². The van der Waals surface area contributed by atoms with Crippen LogP contribution < -0.4 is 0 Å². The molecular weight excluding hydrogens is 256 g/mol. The Kier molecular flexibility index (Phi) is 3.53. The predicted octanol–water partition coefficient (Wildman–Crippen LogP) is 2.49. The first kappa shape index (κ1) is 14.1. The van der Waals surface area contributed by atoms with Crippen LogP contribution in [-0.2, 0) is 4.79 Å². The number of aromatic amines is 1. The van der Waals surface area contributed by atoms with Crippen molar-refractivity contribution in [3.63, 3.8) is 0 Å². The first-order chi connectivity index (χ1) is 9.29. The molecule has 5 nitrogen and oxygen atoms in total. The molecule has 0 aliphatic heterocycles. The van der Waals surface area contributed by atoms with Gasteiger partial charge in [0.2, 0.25) is 0 Å². The number of carbonyl (C=O) groups excluding carboxylic acids is 1. The summed E-state index contributed by atoms with van der Waals surface area (Å²) in [6.07, 6.45) is 0. The van der Waals surface area contributed by atoms with Crippen molar-refractivity contribution in [2.45, 2.75) is 26.3 Å². The zero-order valence-corrected chi connectivity index (χ0v) is 11.8. The van der Waals surface area contributed by atoms with E-state index in [0.717, 1.165) is 10.9 Å². The van der Waals surface area contributed by atoms with Crippen LogP contribution in [0.25, 0.3) is 10.9 Å². The molecule has 0 unspecified atom stereocenters. The minimum atomic E-state index is -1.02. The van der Waals surface area contributed by atoms with Gasteiger partial charge in [0.1, 0.15) is 12.2 Å². The first-order valence-electron chi connectivity index (χ1n) is 6.40. The van der Waals surface area contributed by atoms with Gasteiger partial charge in [0.15, 0.2) is 0 Å². The lowest BCUT2D eigenvalue weighted by Gasteiger charge is -2.34. The summed E-state index contributed by atoms with van der Waals surface area (Å²) in [5.41, 5.74) is 0.703. The Hall–Kier alpha value is -2.30. The molecule has 0 aliphatic rings. The molecule has 0 radical (unpaired) electrons. The van der Waals surface area contributed by atoms with E-state index in [-0.39, 0.29) is 12.5 Å². The van der Waals surface area contributed by atoms with E-state index in [9.17, 15) is 9.59 Å². The molecule has 1 aromatic heterocycles. The molecule has 2 rings (SSSR count). The number of hydrogen-bond acceptors (Lipinski definition) is 2. The monoisotopic (exact) mass is 274 g/mol. The second kappa shape index (κ2) is 5.00. The van der Waals surface area contributed by atoms with Gasteiger partial charge in [-0.1, -0.05) is 18.2 Å². The summed E-state index contributed by atoms with van der Waals surface area (Å²) in [5, 5.41) is 9.91. The number of carbonyl (C=O) groups is 2. The predicted molar refractivity (Wildman–Crippen MR) is 76.7 cm³/mol. The number of fused-ring (bicyclic) bond motifs is 1. The lowest BCUT2D eigenvalue weighted by Crippen LogP contribution is -2.48. The summed E-state index contributed by atoms with van der Waals surface area (Å²) in [4.78, 5) is 27.9. The number of hydrogen-bond donors (Lipinski definition) is 2. The SMILES string of the molecule is CC(C)(C)N(CC(=O)O)C(=O)c1cc2ccccc2[nH]1. The Morgan fingerprint density at radius 1 is 1.25 bits per heavy atom. The average Bonchev–Trinajstić information content (AvgIpc) is 2.77. The molecule has 5 heteroatoms. The number of amides is 1. The number of rotatable bonds is 3. The van der Waals surface area contributed by atoms with Crippen molar-refractivity contribution < 1.29 is 14.7 Å². The Morgan fingerprint density at radius 3 is 2.45 bits per heavy atom. The van der Waals surface area contributed by atoms with E-state index in [4.69, 9.17) is 5.11 Å². The van der Waals surface area contributed by atoms with Gasteiger partial charge in [-0.2, -0.15) is 0 Å². The summed E-state index contributed by atoms with van der Waals surface area (Å²) >= 11 is 0. The van der Waals surface area contributed by atoms with Gasteiger partial charge in [0.25, 0.3) is 5.91 Å².